The summed E-state index contributed by atoms with van der Waals surface area (Å²) < 4.78 is 33.9. The molecule has 1 aliphatic rings. The number of amides is 2. The van der Waals surface area contributed by atoms with E-state index < -0.39 is 58.8 Å². The van der Waals surface area contributed by atoms with Crippen LogP contribution in [0.5, 0.6) is 0 Å². The lowest BCUT2D eigenvalue weighted by atomic mass is 9.70. The first kappa shape index (κ1) is 23.3. The van der Waals surface area contributed by atoms with Gasteiger partial charge in [0.1, 0.15) is 17.2 Å². The van der Waals surface area contributed by atoms with Crippen molar-refractivity contribution in [2.45, 2.75) is 45.8 Å². The van der Waals surface area contributed by atoms with Crippen LogP contribution in [0.3, 0.4) is 0 Å². The molecule has 2 rings (SSSR count). The van der Waals surface area contributed by atoms with Crippen LogP contribution in [0.4, 0.5) is 13.6 Å². The van der Waals surface area contributed by atoms with Gasteiger partial charge in [0, 0.05) is 35.5 Å². The number of nitrogens with one attached hydrogen (secondary N) is 1. The Kier molecular flexibility index (Phi) is 6.79. The van der Waals surface area contributed by atoms with Crippen LogP contribution in [0.1, 0.15) is 40.2 Å². The zero-order valence-electron chi connectivity index (χ0n) is 17.2. The van der Waals surface area contributed by atoms with Crippen molar-refractivity contribution in [2.24, 2.45) is 11.8 Å². The van der Waals surface area contributed by atoms with Gasteiger partial charge in [-0.15, -0.1) is 0 Å². The van der Waals surface area contributed by atoms with Gasteiger partial charge >= 0.3 is 6.09 Å². The molecular weight excluding hydrogens is 406 g/mol. The lowest BCUT2D eigenvalue weighted by Crippen LogP contribution is -2.57. The van der Waals surface area contributed by atoms with Crippen molar-refractivity contribution in [3.8, 4) is 0 Å². The Morgan fingerprint density at radius 1 is 1.24 bits per heavy atom. The van der Waals surface area contributed by atoms with Crippen molar-refractivity contribution >= 4 is 23.6 Å². The highest BCUT2D eigenvalue weighted by Gasteiger charge is 2.49. The quantitative estimate of drug-likeness (QED) is 0.766. The van der Waals surface area contributed by atoms with Crippen molar-refractivity contribution in [1.29, 1.82) is 0 Å². The summed E-state index contributed by atoms with van der Waals surface area (Å²) >= 11 is 5.68. The predicted molar refractivity (Wildman–Crippen MR) is 104 cm³/mol. The molecule has 2 unspecified atom stereocenters. The summed E-state index contributed by atoms with van der Waals surface area (Å²) in [7, 11) is 0. The fourth-order valence-electron chi connectivity index (χ4n) is 3.68. The minimum absolute atomic E-state index is 0.0471. The van der Waals surface area contributed by atoms with Gasteiger partial charge in [-0.3, -0.25) is 4.79 Å². The lowest BCUT2D eigenvalue weighted by Gasteiger charge is -2.48. The van der Waals surface area contributed by atoms with Gasteiger partial charge in [0.05, 0.1) is 5.56 Å². The van der Waals surface area contributed by atoms with Gasteiger partial charge in [0.15, 0.2) is 6.61 Å². The number of halogens is 3. The number of benzene rings is 1. The van der Waals surface area contributed by atoms with Gasteiger partial charge in [-0.05, 0) is 32.9 Å². The maximum Gasteiger partial charge on any atom is 0.408 e. The molecule has 1 aliphatic heterocycles. The molecule has 2 amide bonds. The molecule has 1 heterocycles. The van der Waals surface area contributed by atoms with Crippen LogP contribution in [0.2, 0.25) is 5.02 Å². The Balaban J connectivity index is 2.12. The molecule has 0 bridgehead atoms. The van der Waals surface area contributed by atoms with Crippen molar-refractivity contribution in [3.05, 3.63) is 34.4 Å². The van der Waals surface area contributed by atoms with Crippen molar-refractivity contribution in [3.63, 3.8) is 0 Å². The molecule has 162 valence electrons. The Morgan fingerprint density at radius 3 is 2.17 bits per heavy atom. The number of nitrogens with zero attached hydrogens (tertiary/aromatic N) is 1. The second-order valence-electron chi connectivity index (χ2n) is 8.62. The number of hydrogen-bond donors (Lipinski definition) is 2. The molecule has 0 aliphatic carbocycles. The van der Waals surface area contributed by atoms with E-state index in [1.807, 2.05) is 0 Å². The Hall–Kier alpha value is -1.93. The van der Waals surface area contributed by atoms with Crippen molar-refractivity contribution in [1.82, 2.24) is 10.2 Å². The van der Waals surface area contributed by atoms with Crippen LogP contribution in [-0.4, -0.2) is 47.2 Å². The van der Waals surface area contributed by atoms with Crippen LogP contribution in [0.25, 0.3) is 0 Å². The summed E-state index contributed by atoms with van der Waals surface area (Å²) in [5.74, 6) is -3.67. The monoisotopic (exact) mass is 432 g/mol. The third-order valence-corrected chi connectivity index (χ3v) is 5.27. The van der Waals surface area contributed by atoms with Crippen LogP contribution >= 0.6 is 11.6 Å². The fourth-order valence-corrected chi connectivity index (χ4v) is 3.87. The van der Waals surface area contributed by atoms with E-state index >= 15 is 0 Å². The molecule has 0 radical (unpaired) electrons. The molecule has 29 heavy (non-hydrogen) atoms. The van der Waals surface area contributed by atoms with Gasteiger partial charge in [0.2, 0.25) is 0 Å². The molecular formula is C20H27ClF2N2O4. The number of hydrogen-bond acceptors (Lipinski definition) is 4. The van der Waals surface area contributed by atoms with Gasteiger partial charge < -0.3 is 20.1 Å². The third-order valence-electron chi connectivity index (χ3n) is 5.05. The minimum Gasteiger partial charge on any atom is -0.439 e. The largest absolute Gasteiger partial charge is 0.439 e. The summed E-state index contributed by atoms with van der Waals surface area (Å²) in [6.45, 7) is 8.17. The van der Waals surface area contributed by atoms with Gasteiger partial charge in [-0.1, -0.05) is 25.4 Å². The molecule has 2 atom stereocenters. The Morgan fingerprint density at radius 2 is 1.72 bits per heavy atom. The smallest absolute Gasteiger partial charge is 0.408 e. The van der Waals surface area contributed by atoms with E-state index in [0.29, 0.717) is 0 Å². The highest BCUT2D eigenvalue weighted by atomic mass is 35.5. The molecule has 1 aromatic carbocycles. The van der Waals surface area contributed by atoms with E-state index in [-0.39, 0.29) is 18.1 Å². The highest BCUT2D eigenvalue weighted by molar-refractivity contribution is 6.30. The second kappa shape index (κ2) is 8.44. The summed E-state index contributed by atoms with van der Waals surface area (Å²) in [6.07, 6.45) is -0.717. The maximum atomic E-state index is 14.5. The average Bonchev–Trinajstić information content (AvgIpc) is 2.54. The molecule has 0 saturated carbocycles. The van der Waals surface area contributed by atoms with Crippen LogP contribution < -0.4 is 5.32 Å². The number of piperidine rings is 1. The molecule has 0 aromatic heterocycles. The molecule has 6 nitrogen and oxygen atoms in total. The predicted octanol–water partition coefficient (Wildman–Crippen LogP) is 3.44. The highest BCUT2D eigenvalue weighted by Crippen LogP contribution is 2.43. The van der Waals surface area contributed by atoms with Crippen molar-refractivity contribution < 1.29 is 28.2 Å². The Labute approximate surface area is 174 Å². The first-order valence-electron chi connectivity index (χ1n) is 9.35. The first-order chi connectivity index (χ1) is 13.3. The lowest BCUT2D eigenvalue weighted by molar-refractivity contribution is -0.152. The fraction of sp³-hybridized carbons (Fsp3) is 0.600. The zero-order chi connectivity index (χ0) is 22.1. The average molecular weight is 433 g/mol. The van der Waals surface area contributed by atoms with Crippen LogP contribution in [0.15, 0.2) is 12.1 Å². The molecule has 0 spiro atoms. The van der Waals surface area contributed by atoms with Gasteiger partial charge in [-0.25, -0.2) is 13.6 Å². The summed E-state index contributed by atoms with van der Waals surface area (Å²) in [4.78, 5) is 25.6. The normalized spacial score (nSPS) is 24.9. The maximum absolute atomic E-state index is 14.5. The van der Waals surface area contributed by atoms with Crippen LogP contribution in [0, 0.1) is 23.5 Å². The standard InChI is InChI=1S/C20H27ClF2N2O4/c1-11-8-25(16(26)10-29-18(27)24-19(3,4)5)9-12(2)20(11,28)17-14(22)6-13(21)7-15(17)23/h6-7,11-12,28H,8-10H2,1-5H3,(H,24,27). The van der Waals surface area contributed by atoms with E-state index in [1.165, 1.54) is 4.90 Å². The van der Waals surface area contributed by atoms with Crippen molar-refractivity contribution in [2.75, 3.05) is 19.7 Å². The molecule has 1 aromatic rings. The van der Waals surface area contributed by atoms with E-state index in [1.54, 1.807) is 34.6 Å². The third kappa shape index (κ3) is 5.17. The first-order valence-corrected chi connectivity index (χ1v) is 9.73. The number of carbonyl (C=O) groups is 2. The summed E-state index contributed by atoms with van der Waals surface area (Å²) in [5.41, 5.74) is -2.77. The number of likely N-dealkylation sites (tertiary alicyclic amines) is 1. The van der Waals surface area contributed by atoms with E-state index in [9.17, 15) is 23.5 Å². The van der Waals surface area contributed by atoms with Gasteiger partial charge in [-0.2, -0.15) is 0 Å². The topological polar surface area (TPSA) is 78.9 Å². The molecule has 9 heteroatoms. The minimum atomic E-state index is -1.82. The SMILES string of the molecule is CC1CN(C(=O)COC(=O)NC(C)(C)C)CC(C)C1(O)c1c(F)cc(Cl)cc1F. The van der Waals surface area contributed by atoms with Crippen LogP contribution in [-0.2, 0) is 15.1 Å². The van der Waals surface area contributed by atoms with E-state index in [2.05, 4.69) is 5.32 Å². The second-order valence-corrected chi connectivity index (χ2v) is 9.06. The van der Waals surface area contributed by atoms with E-state index in [4.69, 9.17) is 16.3 Å². The molecule has 2 N–H and O–H groups in total. The Bertz CT molecular complexity index is 762. The zero-order valence-corrected chi connectivity index (χ0v) is 17.9. The van der Waals surface area contributed by atoms with E-state index in [0.717, 1.165) is 12.1 Å². The number of carbonyl (C=O) groups excluding carboxylic acids is 2. The summed E-state index contributed by atoms with van der Waals surface area (Å²) in [6, 6.07) is 1.91. The number of rotatable bonds is 3. The molecule has 1 fully saturated rings. The van der Waals surface area contributed by atoms with Gasteiger partial charge in [0.25, 0.3) is 5.91 Å². The number of ether oxygens (including phenoxy) is 1. The number of aliphatic hydroxyl groups is 1. The summed E-state index contributed by atoms with van der Waals surface area (Å²) in [5, 5.41) is 13.7. The number of alkyl carbamates (subject to hydrolysis) is 1. The molecule has 1 saturated heterocycles.